The van der Waals surface area contributed by atoms with Crippen molar-refractivity contribution in [3.63, 3.8) is 0 Å². The van der Waals surface area contributed by atoms with E-state index in [2.05, 4.69) is 25.6 Å². The maximum Gasteiger partial charge on any atom is 0.323 e. The number of hydrogen-bond donors (Lipinski definition) is 3. The van der Waals surface area contributed by atoms with Crippen molar-refractivity contribution in [2.45, 2.75) is 0 Å². The molecular formula is C22H15Cl2FN6O2. The van der Waals surface area contributed by atoms with Crippen LogP contribution in [0.1, 0.15) is 0 Å². The van der Waals surface area contributed by atoms with E-state index >= 15 is 0 Å². The van der Waals surface area contributed by atoms with Crippen LogP contribution in [0.3, 0.4) is 0 Å². The number of carbonyl (C=O) groups excluding carboxylic acids is 1. The molecule has 4 rings (SSSR count). The molecule has 0 radical (unpaired) electrons. The molecule has 2 aromatic carbocycles. The zero-order valence-corrected chi connectivity index (χ0v) is 18.2. The molecule has 2 heterocycles. The average molecular weight is 485 g/mol. The Morgan fingerprint density at radius 1 is 0.939 bits per heavy atom. The van der Waals surface area contributed by atoms with E-state index in [-0.39, 0.29) is 11.8 Å². The first-order valence-corrected chi connectivity index (χ1v) is 10.2. The van der Waals surface area contributed by atoms with E-state index < -0.39 is 11.8 Å². The number of nitrogens with two attached hydrogens (primary N) is 1. The Kier molecular flexibility index (Phi) is 6.53. The van der Waals surface area contributed by atoms with E-state index in [1.165, 1.54) is 24.5 Å². The first-order chi connectivity index (χ1) is 15.9. The van der Waals surface area contributed by atoms with Gasteiger partial charge in [0, 0.05) is 10.6 Å². The predicted molar refractivity (Wildman–Crippen MR) is 125 cm³/mol. The standard InChI is InChI=1S/C22H15Cl2FN6O2/c23-13-3-6-19(18(24)7-13)31-21(32)30-15-10-28-22(29-11-15)33-16-4-1-12(2-5-16)17-8-14(25)9-27-20(17)26/h1-11H,(H2,26,27)(H2,30,31,32). The number of hydrogen-bond acceptors (Lipinski definition) is 6. The van der Waals surface area contributed by atoms with Gasteiger partial charge in [0.05, 0.1) is 35.0 Å². The number of aromatic nitrogens is 3. The van der Waals surface area contributed by atoms with E-state index in [1.54, 1.807) is 36.4 Å². The molecule has 166 valence electrons. The van der Waals surface area contributed by atoms with Crippen molar-refractivity contribution in [3.05, 3.63) is 83.0 Å². The molecule has 0 saturated heterocycles. The Balaban J connectivity index is 1.37. The topological polar surface area (TPSA) is 115 Å². The molecule has 0 spiro atoms. The SMILES string of the molecule is Nc1ncc(F)cc1-c1ccc(Oc2ncc(NC(=O)Nc3ccc(Cl)cc3Cl)cn2)cc1. The summed E-state index contributed by atoms with van der Waals surface area (Å²) in [5, 5.41) is 5.95. The third kappa shape index (κ3) is 5.65. The largest absolute Gasteiger partial charge is 0.424 e. The molecule has 0 bridgehead atoms. The van der Waals surface area contributed by atoms with Crippen LogP contribution in [0.25, 0.3) is 11.1 Å². The normalized spacial score (nSPS) is 10.5. The molecule has 0 saturated carbocycles. The van der Waals surface area contributed by atoms with Crippen LogP contribution in [0, 0.1) is 5.82 Å². The first-order valence-electron chi connectivity index (χ1n) is 9.42. The molecule has 11 heteroatoms. The minimum Gasteiger partial charge on any atom is -0.424 e. The fraction of sp³-hybridized carbons (Fsp3) is 0. The summed E-state index contributed by atoms with van der Waals surface area (Å²) in [4.78, 5) is 24.1. The van der Waals surface area contributed by atoms with E-state index in [9.17, 15) is 9.18 Å². The Morgan fingerprint density at radius 2 is 1.67 bits per heavy atom. The van der Waals surface area contributed by atoms with Crippen molar-refractivity contribution >= 4 is 46.4 Å². The number of ether oxygens (including phenoxy) is 1. The molecule has 0 aliphatic rings. The summed E-state index contributed by atoms with van der Waals surface area (Å²) in [5.74, 6) is 0.197. The van der Waals surface area contributed by atoms with Gasteiger partial charge in [-0.15, -0.1) is 0 Å². The molecule has 0 aliphatic carbocycles. The number of urea groups is 1. The van der Waals surface area contributed by atoms with Gasteiger partial charge in [-0.25, -0.2) is 24.1 Å². The lowest BCUT2D eigenvalue weighted by Crippen LogP contribution is -2.19. The van der Waals surface area contributed by atoms with Crippen molar-refractivity contribution in [2.75, 3.05) is 16.4 Å². The Morgan fingerprint density at radius 3 is 2.36 bits per heavy atom. The van der Waals surface area contributed by atoms with Crippen molar-refractivity contribution in [1.82, 2.24) is 15.0 Å². The summed E-state index contributed by atoms with van der Waals surface area (Å²) in [7, 11) is 0. The molecule has 0 fully saturated rings. The van der Waals surface area contributed by atoms with Gasteiger partial charge in [-0.2, -0.15) is 0 Å². The van der Waals surface area contributed by atoms with Crippen LogP contribution >= 0.6 is 23.2 Å². The molecule has 4 aromatic rings. The van der Waals surface area contributed by atoms with Crippen LogP contribution in [0.2, 0.25) is 10.0 Å². The lowest BCUT2D eigenvalue weighted by Gasteiger charge is -2.10. The number of nitrogen functional groups attached to an aromatic ring is 1. The molecule has 2 amide bonds. The Bertz CT molecular complexity index is 1300. The van der Waals surface area contributed by atoms with Crippen molar-refractivity contribution in [3.8, 4) is 22.9 Å². The van der Waals surface area contributed by atoms with Crippen molar-refractivity contribution in [1.29, 1.82) is 0 Å². The summed E-state index contributed by atoms with van der Waals surface area (Å²) in [6, 6.07) is 12.3. The number of benzene rings is 2. The molecule has 4 N–H and O–H groups in total. The average Bonchev–Trinajstić information content (AvgIpc) is 2.79. The summed E-state index contributed by atoms with van der Waals surface area (Å²) in [5.41, 5.74) is 7.71. The fourth-order valence-electron chi connectivity index (χ4n) is 2.80. The number of anilines is 3. The molecule has 0 atom stereocenters. The lowest BCUT2D eigenvalue weighted by atomic mass is 10.1. The second kappa shape index (κ2) is 9.68. The highest BCUT2D eigenvalue weighted by Crippen LogP contribution is 2.28. The quantitative estimate of drug-likeness (QED) is 0.319. The summed E-state index contributed by atoms with van der Waals surface area (Å²) < 4.78 is 19.1. The van der Waals surface area contributed by atoms with Gasteiger partial charge >= 0.3 is 12.0 Å². The van der Waals surface area contributed by atoms with Crippen LogP contribution in [-0.4, -0.2) is 21.0 Å². The highest BCUT2D eigenvalue weighted by Gasteiger charge is 2.09. The molecule has 2 aromatic heterocycles. The van der Waals surface area contributed by atoms with Gasteiger partial charge in [0.15, 0.2) is 0 Å². The zero-order chi connectivity index (χ0) is 23.4. The highest BCUT2D eigenvalue weighted by atomic mass is 35.5. The van der Waals surface area contributed by atoms with E-state index in [0.29, 0.717) is 38.3 Å². The maximum absolute atomic E-state index is 13.5. The number of nitrogens with one attached hydrogen (secondary N) is 2. The van der Waals surface area contributed by atoms with Gasteiger partial charge in [-0.1, -0.05) is 35.3 Å². The highest BCUT2D eigenvalue weighted by molar-refractivity contribution is 6.36. The van der Waals surface area contributed by atoms with E-state index in [1.807, 2.05) is 0 Å². The van der Waals surface area contributed by atoms with E-state index in [4.69, 9.17) is 33.7 Å². The fourth-order valence-corrected chi connectivity index (χ4v) is 3.25. The Hall–Kier alpha value is -3.95. The number of halogens is 3. The molecular weight excluding hydrogens is 470 g/mol. The smallest absolute Gasteiger partial charge is 0.323 e. The van der Waals surface area contributed by atoms with Gasteiger partial charge in [0.2, 0.25) is 0 Å². The van der Waals surface area contributed by atoms with Crippen molar-refractivity contribution < 1.29 is 13.9 Å². The minimum atomic E-state index is -0.529. The first kappa shape index (κ1) is 22.3. The molecule has 33 heavy (non-hydrogen) atoms. The monoisotopic (exact) mass is 484 g/mol. The lowest BCUT2D eigenvalue weighted by molar-refractivity contribution is 0.262. The summed E-state index contributed by atoms with van der Waals surface area (Å²) in [6.45, 7) is 0. The van der Waals surface area contributed by atoms with Gasteiger partial charge in [-0.3, -0.25) is 0 Å². The van der Waals surface area contributed by atoms with Crippen molar-refractivity contribution in [2.24, 2.45) is 0 Å². The number of amides is 2. The zero-order valence-electron chi connectivity index (χ0n) is 16.7. The van der Waals surface area contributed by atoms with Crippen LogP contribution in [0.5, 0.6) is 11.8 Å². The summed E-state index contributed by atoms with van der Waals surface area (Å²) >= 11 is 11.9. The third-order valence-electron chi connectivity index (χ3n) is 4.32. The number of carbonyl (C=O) groups is 1. The number of rotatable bonds is 5. The van der Waals surface area contributed by atoms with E-state index in [0.717, 1.165) is 6.20 Å². The second-order valence-corrected chi connectivity index (χ2v) is 7.51. The molecule has 8 nitrogen and oxygen atoms in total. The number of nitrogens with zero attached hydrogens (tertiary/aromatic N) is 3. The number of pyridine rings is 1. The van der Waals surface area contributed by atoms with Crippen LogP contribution in [-0.2, 0) is 0 Å². The maximum atomic E-state index is 13.5. The van der Waals surface area contributed by atoms with Gasteiger partial charge in [-0.05, 0) is 42.0 Å². The third-order valence-corrected chi connectivity index (χ3v) is 4.87. The van der Waals surface area contributed by atoms with Crippen LogP contribution < -0.4 is 21.1 Å². The summed E-state index contributed by atoms with van der Waals surface area (Å²) in [6.07, 6.45) is 3.83. The van der Waals surface area contributed by atoms with Gasteiger partial charge < -0.3 is 21.1 Å². The van der Waals surface area contributed by atoms with Gasteiger partial charge in [0.1, 0.15) is 17.4 Å². The second-order valence-electron chi connectivity index (χ2n) is 6.67. The molecule has 0 unspecified atom stereocenters. The van der Waals surface area contributed by atoms with Gasteiger partial charge in [0.25, 0.3) is 0 Å². The predicted octanol–water partition coefficient (Wildman–Crippen LogP) is 6.00. The van der Waals surface area contributed by atoms with Crippen LogP contribution in [0.4, 0.5) is 26.4 Å². The molecule has 0 aliphatic heterocycles. The Labute approximate surface area is 197 Å². The minimum absolute atomic E-state index is 0.0707. The van der Waals surface area contributed by atoms with Crippen LogP contribution in [0.15, 0.2) is 67.1 Å².